The molecule has 0 spiro atoms. The third kappa shape index (κ3) is 6.19. The fourth-order valence-corrected chi connectivity index (χ4v) is 2.04. The average Bonchev–Trinajstić information content (AvgIpc) is 2.46. The molecule has 0 radical (unpaired) electrons. The van der Waals surface area contributed by atoms with Gasteiger partial charge in [-0.1, -0.05) is 56.0 Å². The number of halogens is 5. The van der Waals surface area contributed by atoms with Gasteiger partial charge in [0, 0.05) is 11.6 Å². The number of rotatable bonds is 7. The molecular formula is C18H21F5. The van der Waals surface area contributed by atoms with Crippen molar-refractivity contribution in [1.29, 1.82) is 0 Å². The normalized spacial score (nSPS) is 12.0. The quantitative estimate of drug-likeness (QED) is 0.296. The van der Waals surface area contributed by atoms with Crippen molar-refractivity contribution in [2.75, 3.05) is 0 Å². The zero-order valence-corrected chi connectivity index (χ0v) is 13.3. The van der Waals surface area contributed by atoms with Crippen LogP contribution in [-0.2, 0) is 0 Å². The van der Waals surface area contributed by atoms with Crippen LogP contribution in [0.5, 0.6) is 0 Å². The molecule has 0 saturated heterocycles. The Morgan fingerprint density at radius 1 is 1.00 bits per heavy atom. The summed E-state index contributed by atoms with van der Waals surface area (Å²) in [6.07, 6.45) is -1.68. The summed E-state index contributed by atoms with van der Waals surface area (Å²) < 4.78 is 62.9. The van der Waals surface area contributed by atoms with E-state index in [1.54, 1.807) is 24.3 Å². The highest BCUT2D eigenvalue weighted by Crippen LogP contribution is 2.36. The molecule has 0 nitrogen and oxygen atoms in total. The van der Waals surface area contributed by atoms with E-state index in [9.17, 15) is 22.0 Å². The highest BCUT2D eigenvalue weighted by Gasteiger charge is 2.55. The first kappa shape index (κ1) is 19.4. The summed E-state index contributed by atoms with van der Waals surface area (Å²) in [5.41, 5.74) is 4.20. The van der Waals surface area contributed by atoms with Crippen molar-refractivity contribution in [3.8, 4) is 0 Å². The number of allylic oxidation sites excluding steroid dienone is 1. The molecule has 128 valence electrons. The monoisotopic (exact) mass is 332 g/mol. The number of hydrogen-bond acceptors (Lipinski definition) is 0. The van der Waals surface area contributed by atoms with Gasteiger partial charge in [0.15, 0.2) is 0 Å². The second kappa shape index (κ2) is 8.30. The van der Waals surface area contributed by atoms with Crippen LogP contribution in [0.3, 0.4) is 0 Å². The molecule has 0 aliphatic heterocycles. The van der Waals surface area contributed by atoms with E-state index in [-0.39, 0.29) is 6.08 Å². The molecule has 1 aromatic carbocycles. The van der Waals surface area contributed by atoms with Crippen LogP contribution >= 0.6 is 0 Å². The van der Waals surface area contributed by atoms with E-state index in [0.717, 1.165) is 31.2 Å². The first-order valence-electron chi connectivity index (χ1n) is 7.65. The smallest absolute Gasteiger partial charge is 0.191 e. The molecule has 0 N–H and O–H groups in total. The summed E-state index contributed by atoms with van der Waals surface area (Å²) in [6, 6.07) is 7.03. The Morgan fingerprint density at radius 2 is 1.61 bits per heavy atom. The predicted molar refractivity (Wildman–Crippen MR) is 82.4 cm³/mol. The van der Waals surface area contributed by atoms with E-state index in [0.29, 0.717) is 17.6 Å². The molecule has 1 aromatic rings. The summed E-state index contributed by atoms with van der Waals surface area (Å²) >= 11 is 0. The van der Waals surface area contributed by atoms with Crippen LogP contribution in [0.15, 0.2) is 36.1 Å². The zero-order chi connectivity index (χ0) is 17.5. The number of aryl methyl sites for hydroxylation is 1. The van der Waals surface area contributed by atoms with Crippen molar-refractivity contribution in [2.45, 2.75) is 58.1 Å². The van der Waals surface area contributed by atoms with Crippen LogP contribution in [0.4, 0.5) is 22.0 Å². The molecule has 0 heterocycles. The standard InChI is InChI=1S/C18H21F5/c1-3-4-5-6-7-15(16-10-8-14(2)9-11-16)12-13-17(19,20)18(21,22)23/h8-11,13H,3-7H2,1-2H3. The minimum atomic E-state index is -5.60. The van der Waals surface area contributed by atoms with Gasteiger partial charge in [-0.05, 0) is 25.3 Å². The molecule has 0 amide bonds. The summed E-state index contributed by atoms with van der Waals surface area (Å²) in [6.45, 7) is 3.92. The first-order valence-corrected chi connectivity index (χ1v) is 7.65. The van der Waals surface area contributed by atoms with Crippen molar-refractivity contribution in [3.05, 3.63) is 47.2 Å². The fourth-order valence-electron chi connectivity index (χ4n) is 2.04. The van der Waals surface area contributed by atoms with Gasteiger partial charge in [-0.3, -0.25) is 0 Å². The lowest BCUT2D eigenvalue weighted by Crippen LogP contribution is -2.33. The van der Waals surface area contributed by atoms with Crippen molar-refractivity contribution in [2.24, 2.45) is 0 Å². The lowest BCUT2D eigenvalue weighted by molar-refractivity contribution is -0.259. The maximum Gasteiger partial charge on any atom is 0.458 e. The molecular weight excluding hydrogens is 311 g/mol. The Balaban J connectivity index is 3.07. The Labute approximate surface area is 133 Å². The van der Waals surface area contributed by atoms with Crippen LogP contribution in [0.1, 0.15) is 50.2 Å². The van der Waals surface area contributed by atoms with Gasteiger partial charge in [-0.15, -0.1) is 5.73 Å². The maximum absolute atomic E-state index is 13.1. The van der Waals surface area contributed by atoms with Gasteiger partial charge in [0.2, 0.25) is 0 Å². The van der Waals surface area contributed by atoms with Crippen molar-refractivity contribution >= 4 is 5.57 Å². The molecule has 23 heavy (non-hydrogen) atoms. The Hall–Kier alpha value is -1.61. The van der Waals surface area contributed by atoms with Gasteiger partial charge < -0.3 is 0 Å². The molecule has 5 heteroatoms. The highest BCUT2D eigenvalue weighted by molar-refractivity contribution is 5.65. The number of unbranched alkanes of at least 4 members (excludes halogenated alkanes) is 3. The molecule has 0 atom stereocenters. The van der Waals surface area contributed by atoms with E-state index in [1.807, 2.05) is 13.8 Å². The van der Waals surface area contributed by atoms with Gasteiger partial charge in [0.1, 0.15) is 0 Å². The van der Waals surface area contributed by atoms with Gasteiger partial charge in [0.05, 0.1) is 0 Å². The molecule has 0 fully saturated rings. The first-order chi connectivity index (χ1) is 10.7. The van der Waals surface area contributed by atoms with Crippen LogP contribution < -0.4 is 0 Å². The third-order valence-corrected chi connectivity index (χ3v) is 3.49. The highest BCUT2D eigenvalue weighted by atomic mass is 19.4. The lowest BCUT2D eigenvalue weighted by Gasteiger charge is -2.14. The van der Waals surface area contributed by atoms with E-state index < -0.39 is 12.1 Å². The summed E-state index contributed by atoms with van der Waals surface area (Å²) in [7, 11) is 0. The minimum Gasteiger partial charge on any atom is -0.191 e. The molecule has 0 aromatic heterocycles. The van der Waals surface area contributed by atoms with Gasteiger partial charge in [0.25, 0.3) is 0 Å². The van der Waals surface area contributed by atoms with Crippen LogP contribution in [0.25, 0.3) is 5.57 Å². The number of benzene rings is 1. The summed E-state index contributed by atoms with van der Waals surface area (Å²) in [4.78, 5) is 0. The number of alkyl halides is 5. The second-order valence-electron chi connectivity index (χ2n) is 5.56. The third-order valence-electron chi connectivity index (χ3n) is 3.49. The zero-order valence-electron chi connectivity index (χ0n) is 13.3. The van der Waals surface area contributed by atoms with Gasteiger partial charge in [-0.2, -0.15) is 22.0 Å². The van der Waals surface area contributed by atoms with Crippen LogP contribution in [-0.4, -0.2) is 12.1 Å². The second-order valence-corrected chi connectivity index (χ2v) is 5.56. The molecule has 0 aliphatic rings. The van der Waals surface area contributed by atoms with Gasteiger partial charge in [-0.25, -0.2) is 0 Å². The van der Waals surface area contributed by atoms with Gasteiger partial charge >= 0.3 is 12.1 Å². The van der Waals surface area contributed by atoms with Crippen LogP contribution in [0, 0.1) is 6.92 Å². The minimum absolute atomic E-state index is 0.165. The van der Waals surface area contributed by atoms with Crippen molar-refractivity contribution < 1.29 is 22.0 Å². The molecule has 0 bridgehead atoms. The summed E-state index contributed by atoms with van der Waals surface area (Å²) in [5.74, 6) is -4.87. The van der Waals surface area contributed by atoms with E-state index in [1.165, 1.54) is 0 Å². The number of hydrogen-bond donors (Lipinski definition) is 0. The Bertz CT molecular complexity index is 546. The molecule has 0 saturated carbocycles. The Morgan fingerprint density at radius 3 is 2.13 bits per heavy atom. The predicted octanol–water partition coefficient (Wildman–Crippen LogP) is 6.70. The Kier molecular flexibility index (Phi) is 7.01. The lowest BCUT2D eigenvalue weighted by atomic mass is 9.99. The average molecular weight is 332 g/mol. The summed E-state index contributed by atoms with van der Waals surface area (Å²) in [5, 5.41) is 0. The fraction of sp³-hybridized carbons (Fsp3) is 0.500. The van der Waals surface area contributed by atoms with Crippen molar-refractivity contribution in [1.82, 2.24) is 0 Å². The molecule has 1 rings (SSSR count). The van der Waals surface area contributed by atoms with Crippen LogP contribution in [0.2, 0.25) is 0 Å². The topological polar surface area (TPSA) is 0 Å². The van der Waals surface area contributed by atoms with E-state index >= 15 is 0 Å². The molecule has 0 aliphatic carbocycles. The maximum atomic E-state index is 13.1. The van der Waals surface area contributed by atoms with E-state index in [4.69, 9.17) is 0 Å². The molecule has 0 unspecified atom stereocenters. The van der Waals surface area contributed by atoms with E-state index in [2.05, 4.69) is 5.73 Å². The van der Waals surface area contributed by atoms with Crippen molar-refractivity contribution in [3.63, 3.8) is 0 Å². The SMILES string of the molecule is CCCCCCC(=C=CC(F)(F)C(F)(F)F)c1ccc(C)cc1. The largest absolute Gasteiger partial charge is 0.458 e.